The molecule has 1 aromatic rings. The molecule has 1 unspecified atom stereocenters. The Morgan fingerprint density at radius 1 is 1.40 bits per heavy atom. The van der Waals surface area contributed by atoms with Crippen LogP contribution in [0.2, 0.25) is 5.02 Å². The fourth-order valence-electron chi connectivity index (χ4n) is 1.66. The van der Waals surface area contributed by atoms with E-state index in [9.17, 15) is 14.9 Å². The van der Waals surface area contributed by atoms with E-state index in [1.165, 1.54) is 26.4 Å². The highest BCUT2D eigenvalue weighted by atomic mass is 35.5. The van der Waals surface area contributed by atoms with E-state index < -0.39 is 23.2 Å². The molecule has 1 rings (SSSR count). The van der Waals surface area contributed by atoms with Crippen LogP contribution in [0.15, 0.2) is 18.2 Å². The normalized spacial score (nSPS) is 12.2. The predicted molar refractivity (Wildman–Crippen MR) is 72.8 cm³/mol. The number of nitrogens with zero attached hydrogens (tertiary/aromatic N) is 1. The van der Waals surface area contributed by atoms with Crippen molar-refractivity contribution in [2.24, 2.45) is 0 Å². The zero-order chi connectivity index (χ0) is 15.3. The number of methoxy groups -OCH3 is 2. The largest absolute Gasteiger partial charge is 0.354 e. The minimum absolute atomic E-state index is 0.0265. The van der Waals surface area contributed by atoms with Gasteiger partial charge in [-0.2, -0.15) is 0 Å². The number of carbonyl (C=O) groups excluding carboxylic acids is 1. The zero-order valence-corrected chi connectivity index (χ0v) is 12.0. The minimum atomic E-state index is -0.628. The second-order valence-corrected chi connectivity index (χ2v) is 4.43. The molecule has 0 spiro atoms. The number of nitro groups is 1. The highest BCUT2D eigenvalue weighted by Crippen LogP contribution is 2.22. The molecule has 20 heavy (non-hydrogen) atoms. The van der Waals surface area contributed by atoms with Crippen molar-refractivity contribution in [3.63, 3.8) is 0 Å². The Hall–Kier alpha value is -1.70. The van der Waals surface area contributed by atoms with E-state index >= 15 is 0 Å². The molecule has 1 N–H and O–H groups in total. The van der Waals surface area contributed by atoms with Gasteiger partial charge in [-0.15, -0.1) is 0 Å². The third-order valence-corrected chi connectivity index (χ3v) is 2.97. The summed E-state index contributed by atoms with van der Waals surface area (Å²) in [6.07, 6.45) is -0.628. The van der Waals surface area contributed by atoms with E-state index in [0.29, 0.717) is 0 Å². The lowest BCUT2D eigenvalue weighted by molar-refractivity contribution is -0.384. The maximum Gasteiger partial charge on any atom is 0.270 e. The van der Waals surface area contributed by atoms with Gasteiger partial charge in [0.25, 0.3) is 11.6 Å². The second-order valence-electron chi connectivity index (χ2n) is 4.02. The number of nitro benzene ring substituents is 1. The zero-order valence-electron chi connectivity index (χ0n) is 11.3. The molecule has 0 fully saturated rings. The summed E-state index contributed by atoms with van der Waals surface area (Å²) in [6.45, 7) is 1.68. The lowest BCUT2D eigenvalue weighted by Gasteiger charge is -2.22. The Morgan fingerprint density at radius 2 is 2.00 bits per heavy atom. The first-order chi connectivity index (χ1) is 9.40. The molecule has 8 heteroatoms. The van der Waals surface area contributed by atoms with E-state index in [1.54, 1.807) is 6.92 Å². The van der Waals surface area contributed by atoms with Crippen LogP contribution in [0, 0.1) is 10.1 Å². The van der Waals surface area contributed by atoms with E-state index in [4.69, 9.17) is 21.1 Å². The molecule has 0 saturated carbocycles. The lowest BCUT2D eigenvalue weighted by atomic mass is 10.1. The number of hydrogen-bond donors (Lipinski definition) is 1. The van der Waals surface area contributed by atoms with Gasteiger partial charge < -0.3 is 14.8 Å². The van der Waals surface area contributed by atoms with Crippen molar-refractivity contribution < 1.29 is 19.2 Å². The van der Waals surface area contributed by atoms with Crippen LogP contribution in [-0.4, -0.2) is 37.4 Å². The molecule has 0 aliphatic rings. The highest BCUT2D eigenvalue weighted by Gasteiger charge is 2.21. The molecule has 0 radical (unpaired) electrons. The van der Waals surface area contributed by atoms with Crippen molar-refractivity contribution in [1.29, 1.82) is 0 Å². The van der Waals surface area contributed by atoms with E-state index in [1.807, 2.05) is 0 Å². The molecular weight excluding hydrogens is 288 g/mol. The molecular formula is C12H15ClN2O5. The summed E-state index contributed by atoms with van der Waals surface area (Å²) in [5.74, 6) is -0.537. The van der Waals surface area contributed by atoms with Crippen LogP contribution in [0.1, 0.15) is 17.3 Å². The maximum atomic E-state index is 12.1. The van der Waals surface area contributed by atoms with Gasteiger partial charge in [-0.3, -0.25) is 14.9 Å². The van der Waals surface area contributed by atoms with Gasteiger partial charge >= 0.3 is 0 Å². The topological polar surface area (TPSA) is 90.7 Å². The van der Waals surface area contributed by atoms with Crippen LogP contribution in [0.4, 0.5) is 5.69 Å². The number of hydrogen-bond acceptors (Lipinski definition) is 5. The van der Waals surface area contributed by atoms with E-state index in [-0.39, 0.29) is 16.3 Å². The predicted octanol–water partition coefficient (Wildman–Crippen LogP) is 1.99. The summed E-state index contributed by atoms with van der Waals surface area (Å²) in [7, 11) is 2.88. The lowest BCUT2D eigenvalue weighted by Crippen LogP contribution is -2.43. The summed E-state index contributed by atoms with van der Waals surface area (Å²) in [6, 6.07) is 3.21. The number of carbonyl (C=O) groups is 1. The molecule has 0 bridgehead atoms. The van der Waals surface area contributed by atoms with E-state index in [0.717, 1.165) is 6.07 Å². The number of rotatable bonds is 6. The first kappa shape index (κ1) is 16.4. The molecule has 0 aliphatic carbocycles. The summed E-state index contributed by atoms with van der Waals surface area (Å²) >= 11 is 5.88. The molecule has 0 aromatic heterocycles. The number of ether oxygens (including phenoxy) is 2. The van der Waals surface area contributed by atoms with Crippen LogP contribution >= 0.6 is 11.6 Å². The molecule has 1 atom stereocenters. The van der Waals surface area contributed by atoms with Crippen molar-refractivity contribution >= 4 is 23.2 Å². The average Bonchev–Trinajstić information content (AvgIpc) is 2.40. The van der Waals surface area contributed by atoms with Gasteiger partial charge in [0.2, 0.25) is 0 Å². The van der Waals surface area contributed by atoms with Crippen LogP contribution in [-0.2, 0) is 9.47 Å². The molecule has 1 aromatic carbocycles. The maximum absolute atomic E-state index is 12.1. The Labute approximate surface area is 121 Å². The Bertz CT molecular complexity index is 505. The Balaban J connectivity index is 2.92. The monoisotopic (exact) mass is 302 g/mol. The quantitative estimate of drug-likeness (QED) is 0.493. The summed E-state index contributed by atoms with van der Waals surface area (Å²) in [5.41, 5.74) is -0.180. The fourth-order valence-corrected chi connectivity index (χ4v) is 1.86. The first-order valence-corrected chi connectivity index (χ1v) is 6.09. The van der Waals surface area contributed by atoms with Gasteiger partial charge in [0, 0.05) is 26.4 Å². The number of benzene rings is 1. The average molecular weight is 303 g/mol. The highest BCUT2D eigenvalue weighted by molar-refractivity contribution is 6.33. The van der Waals surface area contributed by atoms with Gasteiger partial charge in [-0.05, 0) is 13.0 Å². The summed E-state index contributed by atoms with van der Waals surface area (Å²) in [4.78, 5) is 22.2. The third-order valence-electron chi connectivity index (χ3n) is 2.64. The van der Waals surface area contributed by atoms with Crippen LogP contribution in [0.25, 0.3) is 0 Å². The van der Waals surface area contributed by atoms with Crippen molar-refractivity contribution in [3.8, 4) is 0 Å². The standard InChI is InChI=1S/C12H15ClN2O5/c1-7(12(19-2)20-3)14-11(16)9-6-8(15(17)18)4-5-10(9)13/h4-7,12H,1-3H3,(H,14,16). The van der Waals surface area contributed by atoms with Gasteiger partial charge in [-0.1, -0.05) is 11.6 Å². The molecule has 0 saturated heterocycles. The summed E-state index contributed by atoms with van der Waals surface area (Å²) in [5, 5.41) is 13.4. The second kappa shape index (κ2) is 7.18. The number of non-ortho nitro benzene ring substituents is 1. The van der Waals surface area contributed by atoms with Crippen molar-refractivity contribution in [1.82, 2.24) is 5.32 Å². The molecule has 110 valence electrons. The summed E-state index contributed by atoms with van der Waals surface area (Å²) < 4.78 is 10.0. The van der Waals surface area contributed by atoms with Gasteiger partial charge in [-0.25, -0.2) is 0 Å². The number of nitrogens with one attached hydrogen (secondary N) is 1. The van der Waals surface area contributed by atoms with Gasteiger partial charge in [0.15, 0.2) is 6.29 Å². The Kier molecular flexibility index (Phi) is 5.87. The van der Waals surface area contributed by atoms with Crippen molar-refractivity contribution in [3.05, 3.63) is 38.9 Å². The number of amides is 1. The molecule has 0 heterocycles. The fraction of sp³-hybridized carbons (Fsp3) is 0.417. The van der Waals surface area contributed by atoms with Crippen molar-refractivity contribution in [2.75, 3.05) is 14.2 Å². The molecule has 7 nitrogen and oxygen atoms in total. The first-order valence-electron chi connectivity index (χ1n) is 5.71. The molecule has 1 amide bonds. The van der Waals surface area contributed by atoms with Crippen molar-refractivity contribution in [2.45, 2.75) is 19.3 Å². The third kappa shape index (κ3) is 3.89. The number of halogens is 1. The van der Waals surface area contributed by atoms with Crippen LogP contribution in [0.3, 0.4) is 0 Å². The van der Waals surface area contributed by atoms with Gasteiger partial charge in [0.1, 0.15) is 0 Å². The smallest absolute Gasteiger partial charge is 0.270 e. The van der Waals surface area contributed by atoms with Crippen LogP contribution < -0.4 is 5.32 Å². The Morgan fingerprint density at radius 3 is 2.50 bits per heavy atom. The van der Waals surface area contributed by atoms with Crippen LogP contribution in [0.5, 0.6) is 0 Å². The SMILES string of the molecule is COC(OC)C(C)NC(=O)c1cc([N+](=O)[O-])ccc1Cl. The molecule has 0 aliphatic heterocycles. The van der Waals surface area contributed by atoms with Gasteiger partial charge in [0.05, 0.1) is 21.6 Å². The minimum Gasteiger partial charge on any atom is -0.354 e. The van der Waals surface area contributed by atoms with E-state index in [2.05, 4.69) is 5.32 Å².